The van der Waals surface area contributed by atoms with Crippen LogP contribution in [-0.2, 0) is 6.42 Å². The van der Waals surface area contributed by atoms with Crippen molar-refractivity contribution in [3.63, 3.8) is 0 Å². The fourth-order valence-corrected chi connectivity index (χ4v) is 1.13. The van der Waals surface area contributed by atoms with E-state index in [-0.39, 0.29) is 5.96 Å². The highest BCUT2D eigenvalue weighted by Gasteiger charge is 1.94. The summed E-state index contributed by atoms with van der Waals surface area (Å²) in [6, 6.07) is 7.84. The highest BCUT2D eigenvalue weighted by molar-refractivity contribution is 5.74. The van der Waals surface area contributed by atoms with Crippen LogP contribution < -0.4 is 15.8 Å². The summed E-state index contributed by atoms with van der Waals surface area (Å²) < 4.78 is 5.04. The van der Waals surface area contributed by atoms with E-state index in [9.17, 15) is 0 Å². The van der Waals surface area contributed by atoms with E-state index in [0.717, 1.165) is 12.2 Å². The molecule has 4 N–H and O–H groups in total. The molecule has 0 amide bonds. The first-order chi connectivity index (χ1) is 6.72. The molecule has 4 nitrogen and oxygen atoms in total. The molecule has 1 aromatic rings. The van der Waals surface area contributed by atoms with E-state index in [4.69, 9.17) is 15.9 Å². The van der Waals surface area contributed by atoms with Gasteiger partial charge in [-0.3, -0.25) is 5.41 Å². The first-order valence-electron chi connectivity index (χ1n) is 4.43. The average molecular weight is 193 g/mol. The standard InChI is InChI=1S/C10H15N3O/c1-14-9-4-2-8(3-5-9)6-7-13-10(11)12/h2-5H,6-7H2,1H3,(H4,11,12,13). The molecule has 0 aromatic heterocycles. The molecule has 0 fully saturated rings. The quantitative estimate of drug-likeness (QED) is 0.487. The molecular weight excluding hydrogens is 178 g/mol. The number of ether oxygens (including phenoxy) is 1. The Labute approximate surface area is 83.6 Å². The van der Waals surface area contributed by atoms with Gasteiger partial charge in [-0.25, -0.2) is 0 Å². The van der Waals surface area contributed by atoms with E-state index in [1.54, 1.807) is 7.11 Å². The van der Waals surface area contributed by atoms with Crippen LogP contribution in [0, 0.1) is 5.41 Å². The second kappa shape index (κ2) is 5.11. The predicted molar refractivity (Wildman–Crippen MR) is 56.6 cm³/mol. The molecule has 0 heterocycles. The normalized spacial score (nSPS) is 9.50. The van der Waals surface area contributed by atoms with Gasteiger partial charge in [0.15, 0.2) is 5.96 Å². The number of guanidine groups is 1. The summed E-state index contributed by atoms with van der Waals surface area (Å²) in [5.41, 5.74) is 6.35. The van der Waals surface area contributed by atoms with Crippen molar-refractivity contribution in [3.05, 3.63) is 29.8 Å². The van der Waals surface area contributed by atoms with Crippen LogP contribution in [-0.4, -0.2) is 19.6 Å². The van der Waals surface area contributed by atoms with Crippen LogP contribution in [0.1, 0.15) is 5.56 Å². The lowest BCUT2D eigenvalue weighted by atomic mass is 10.1. The van der Waals surface area contributed by atoms with Crippen LogP contribution in [0.5, 0.6) is 5.75 Å². The fraction of sp³-hybridized carbons (Fsp3) is 0.300. The Bertz CT molecular complexity index is 295. The molecule has 0 saturated heterocycles. The van der Waals surface area contributed by atoms with E-state index in [0.29, 0.717) is 6.54 Å². The number of benzene rings is 1. The first-order valence-corrected chi connectivity index (χ1v) is 4.43. The maximum Gasteiger partial charge on any atom is 0.185 e. The third kappa shape index (κ3) is 3.35. The van der Waals surface area contributed by atoms with E-state index < -0.39 is 0 Å². The van der Waals surface area contributed by atoms with Gasteiger partial charge in [0.05, 0.1) is 7.11 Å². The van der Waals surface area contributed by atoms with Crippen LogP contribution in [0.15, 0.2) is 24.3 Å². The van der Waals surface area contributed by atoms with Crippen molar-refractivity contribution in [1.82, 2.24) is 5.32 Å². The zero-order valence-corrected chi connectivity index (χ0v) is 8.21. The Morgan fingerprint density at radius 2 is 2.07 bits per heavy atom. The van der Waals surface area contributed by atoms with Gasteiger partial charge in [-0.15, -0.1) is 0 Å². The number of methoxy groups -OCH3 is 1. The van der Waals surface area contributed by atoms with Gasteiger partial charge in [0, 0.05) is 6.54 Å². The summed E-state index contributed by atoms with van der Waals surface area (Å²) in [6.45, 7) is 0.682. The highest BCUT2D eigenvalue weighted by Crippen LogP contribution is 2.11. The predicted octanol–water partition coefficient (Wildman–Crippen LogP) is 0.721. The molecule has 0 spiro atoms. The molecule has 4 heteroatoms. The average Bonchev–Trinajstić information content (AvgIpc) is 2.18. The molecular formula is C10H15N3O. The molecule has 0 bridgehead atoms. The van der Waals surface area contributed by atoms with Crippen molar-refractivity contribution in [2.75, 3.05) is 13.7 Å². The molecule has 1 aromatic carbocycles. The zero-order valence-electron chi connectivity index (χ0n) is 8.21. The lowest BCUT2D eigenvalue weighted by Gasteiger charge is -2.04. The molecule has 0 atom stereocenters. The Balaban J connectivity index is 2.40. The van der Waals surface area contributed by atoms with Crippen LogP contribution in [0.2, 0.25) is 0 Å². The van der Waals surface area contributed by atoms with E-state index in [2.05, 4.69) is 5.32 Å². The number of hydrogen-bond donors (Lipinski definition) is 3. The summed E-state index contributed by atoms with van der Waals surface area (Å²) >= 11 is 0. The highest BCUT2D eigenvalue weighted by atomic mass is 16.5. The fourth-order valence-electron chi connectivity index (χ4n) is 1.13. The largest absolute Gasteiger partial charge is 0.497 e. The van der Waals surface area contributed by atoms with E-state index in [1.807, 2.05) is 24.3 Å². The molecule has 0 aliphatic carbocycles. The van der Waals surface area contributed by atoms with Crippen LogP contribution in [0.4, 0.5) is 0 Å². The molecule has 0 aliphatic rings. The molecule has 76 valence electrons. The Hall–Kier alpha value is -1.71. The smallest absolute Gasteiger partial charge is 0.185 e. The maximum atomic E-state index is 6.97. The Morgan fingerprint density at radius 3 is 2.57 bits per heavy atom. The third-order valence-corrected chi connectivity index (χ3v) is 1.89. The summed E-state index contributed by atoms with van der Waals surface area (Å²) in [5.74, 6) is 0.867. The minimum absolute atomic E-state index is 0.0125. The lowest BCUT2D eigenvalue weighted by Crippen LogP contribution is -2.31. The van der Waals surface area contributed by atoms with Gasteiger partial charge in [0.2, 0.25) is 0 Å². The number of hydrogen-bond acceptors (Lipinski definition) is 2. The number of rotatable bonds is 4. The van der Waals surface area contributed by atoms with Crippen molar-refractivity contribution in [2.45, 2.75) is 6.42 Å². The minimum atomic E-state index is 0.0125. The van der Waals surface area contributed by atoms with Crippen molar-refractivity contribution in [3.8, 4) is 5.75 Å². The minimum Gasteiger partial charge on any atom is -0.497 e. The molecule has 0 aliphatic heterocycles. The van der Waals surface area contributed by atoms with Gasteiger partial charge in [-0.05, 0) is 24.1 Å². The molecule has 1 rings (SSSR count). The summed E-state index contributed by atoms with van der Waals surface area (Å²) in [6.07, 6.45) is 0.851. The van der Waals surface area contributed by atoms with E-state index in [1.165, 1.54) is 5.56 Å². The van der Waals surface area contributed by atoms with Crippen LogP contribution >= 0.6 is 0 Å². The monoisotopic (exact) mass is 193 g/mol. The van der Waals surface area contributed by atoms with Gasteiger partial charge in [0.25, 0.3) is 0 Å². The Kier molecular flexibility index (Phi) is 3.79. The van der Waals surface area contributed by atoms with Crippen LogP contribution in [0.25, 0.3) is 0 Å². The van der Waals surface area contributed by atoms with Crippen molar-refractivity contribution in [2.24, 2.45) is 5.73 Å². The summed E-state index contributed by atoms with van der Waals surface area (Å²) in [4.78, 5) is 0. The SMILES string of the molecule is COc1ccc(CCNC(=N)N)cc1. The van der Waals surface area contributed by atoms with Gasteiger partial charge in [0.1, 0.15) is 5.75 Å². The molecule has 14 heavy (non-hydrogen) atoms. The zero-order chi connectivity index (χ0) is 10.4. The van der Waals surface area contributed by atoms with Crippen LogP contribution in [0.3, 0.4) is 0 Å². The topological polar surface area (TPSA) is 71.1 Å². The maximum absolute atomic E-state index is 6.97. The van der Waals surface area contributed by atoms with Gasteiger partial charge in [-0.1, -0.05) is 12.1 Å². The van der Waals surface area contributed by atoms with Gasteiger partial charge >= 0.3 is 0 Å². The van der Waals surface area contributed by atoms with Crippen molar-refractivity contribution >= 4 is 5.96 Å². The van der Waals surface area contributed by atoms with Crippen molar-refractivity contribution in [1.29, 1.82) is 5.41 Å². The second-order valence-electron chi connectivity index (χ2n) is 2.94. The molecule has 0 radical (unpaired) electrons. The second-order valence-corrected chi connectivity index (χ2v) is 2.94. The Morgan fingerprint density at radius 1 is 1.43 bits per heavy atom. The number of nitrogens with two attached hydrogens (primary N) is 1. The molecule has 0 saturated carbocycles. The van der Waals surface area contributed by atoms with Gasteiger partial charge in [-0.2, -0.15) is 0 Å². The lowest BCUT2D eigenvalue weighted by molar-refractivity contribution is 0.414. The number of nitrogens with one attached hydrogen (secondary N) is 2. The summed E-state index contributed by atoms with van der Waals surface area (Å²) in [7, 11) is 1.65. The van der Waals surface area contributed by atoms with E-state index >= 15 is 0 Å². The first kappa shape index (κ1) is 10.4. The van der Waals surface area contributed by atoms with Crippen molar-refractivity contribution < 1.29 is 4.74 Å². The van der Waals surface area contributed by atoms with Gasteiger partial charge < -0.3 is 15.8 Å². The third-order valence-electron chi connectivity index (χ3n) is 1.89. The summed E-state index contributed by atoms with van der Waals surface area (Å²) in [5, 5.41) is 9.72. The molecule has 0 unspecified atom stereocenters.